The van der Waals surface area contributed by atoms with Crippen LogP contribution in [0, 0.1) is 0 Å². The largest absolute Gasteiger partial charge is 0.357 e. The average molecular weight is 428 g/mol. The molecule has 0 saturated carbocycles. The molecule has 0 amide bonds. The summed E-state index contributed by atoms with van der Waals surface area (Å²) in [6.07, 6.45) is 6.78. The summed E-state index contributed by atoms with van der Waals surface area (Å²) in [5.74, 6) is -0.449. The fourth-order valence-corrected chi connectivity index (χ4v) is 6.33. The van der Waals surface area contributed by atoms with Crippen molar-refractivity contribution < 1.29 is 13.6 Å². The Labute approximate surface area is 181 Å². The van der Waals surface area contributed by atoms with Crippen molar-refractivity contribution in [2.24, 2.45) is 0 Å². The topological polar surface area (TPSA) is 38.8 Å². The van der Waals surface area contributed by atoms with E-state index in [1.165, 1.54) is 12.8 Å². The Bertz CT molecular complexity index is 871. The lowest BCUT2D eigenvalue weighted by atomic mass is 9.97. The van der Waals surface area contributed by atoms with Crippen molar-refractivity contribution in [1.29, 1.82) is 0 Å². The fraction of sp³-hybridized carbons (Fsp3) is 0.440. The monoisotopic (exact) mass is 427 g/mol. The van der Waals surface area contributed by atoms with E-state index in [0.717, 1.165) is 41.8 Å². The second-order valence-corrected chi connectivity index (χ2v) is 9.61. The molecule has 3 rings (SSSR count). The van der Waals surface area contributed by atoms with Crippen LogP contribution in [0.25, 0.3) is 11.8 Å². The Morgan fingerprint density at radius 1 is 0.867 bits per heavy atom. The lowest BCUT2D eigenvalue weighted by Crippen LogP contribution is -2.32. The molecule has 4 nitrogen and oxygen atoms in total. The first kappa shape index (κ1) is 22.8. The average Bonchev–Trinajstić information content (AvgIpc) is 2.77. The number of unbranched alkanes of at least 4 members (excludes halogenated alkanes) is 3. The van der Waals surface area contributed by atoms with E-state index in [1.807, 2.05) is 44.2 Å². The van der Waals surface area contributed by atoms with E-state index in [4.69, 9.17) is 9.05 Å². The summed E-state index contributed by atoms with van der Waals surface area (Å²) >= 11 is 0. The van der Waals surface area contributed by atoms with Crippen LogP contribution in [0.1, 0.15) is 68.9 Å². The first-order valence-electron chi connectivity index (χ1n) is 11.2. The molecule has 0 aliphatic carbocycles. The molecule has 2 aromatic rings. The number of fused-ring (bicyclic) bond motifs is 1. The van der Waals surface area contributed by atoms with Crippen LogP contribution in [0.4, 0.5) is 0 Å². The van der Waals surface area contributed by atoms with Gasteiger partial charge in [-0.1, -0.05) is 80.8 Å². The third-order valence-corrected chi connectivity index (χ3v) is 7.80. The Morgan fingerprint density at radius 3 is 2.20 bits per heavy atom. The van der Waals surface area contributed by atoms with E-state index in [0.29, 0.717) is 13.2 Å². The number of rotatable bonds is 11. The van der Waals surface area contributed by atoms with E-state index >= 15 is 0 Å². The number of benzene rings is 2. The minimum absolute atomic E-state index is 0.351. The summed E-state index contributed by atoms with van der Waals surface area (Å²) < 4.78 is 25.8. The molecule has 2 aromatic carbocycles. The SMILES string of the molecule is CCCCCCN1C(c2ccccc2)=Cc2ccccc2C1P(=O)(OCC)OCC. The Balaban J connectivity index is 2.12. The van der Waals surface area contributed by atoms with Gasteiger partial charge in [0.05, 0.1) is 13.2 Å². The fourth-order valence-electron chi connectivity index (χ4n) is 4.10. The van der Waals surface area contributed by atoms with Gasteiger partial charge < -0.3 is 13.9 Å². The van der Waals surface area contributed by atoms with Crippen LogP contribution in [-0.4, -0.2) is 24.7 Å². The van der Waals surface area contributed by atoms with Gasteiger partial charge in [-0.05, 0) is 43.0 Å². The molecule has 0 N–H and O–H groups in total. The number of hydrogen-bond donors (Lipinski definition) is 0. The third kappa shape index (κ3) is 5.06. The standard InChI is InChI=1S/C25H34NO3P/c1-4-7-8-14-19-26-24(21-15-10-9-11-16-21)20-22-17-12-13-18-23(22)25(26)30(27,28-5-2)29-6-3/h9-13,15-18,20,25H,4-8,14,19H2,1-3H3. The van der Waals surface area contributed by atoms with Gasteiger partial charge in [0.1, 0.15) is 0 Å². The normalized spacial score (nSPS) is 16.3. The van der Waals surface area contributed by atoms with Crippen molar-refractivity contribution in [2.45, 2.75) is 52.2 Å². The van der Waals surface area contributed by atoms with Crippen molar-refractivity contribution in [1.82, 2.24) is 4.90 Å². The van der Waals surface area contributed by atoms with E-state index in [9.17, 15) is 4.57 Å². The van der Waals surface area contributed by atoms with E-state index < -0.39 is 13.4 Å². The minimum Gasteiger partial charge on any atom is -0.353 e. The zero-order valence-electron chi connectivity index (χ0n) is 18.4. The summed E-state index contributed by atoms with van der Waals surface area (Å²) in [4.78, 5) is 2.26. The van der Waals surface area contributed by atoms with E-state index in [1.54, 1.807) is 0 Å². The highest BCUT2D eigenvalue weighted by Crippen LogP contribution is 2.65. The smallest absolute Gasteiger partial charge is 0.353 e. The van der Waals surface area contributed by atoms with Crippen LogP contribution in [0.15, 0.2) is 54.6 Å². The molecule has 1 atom stereocenters. The van der Waals surface area contributed by atoms with Crippen LogP contribution < -0.4 is 0 Å². The maximum atomic E-state index is 14.1. The van der Waals surface area contributed by atoms with Gasteiger partial charge in [-0.15, -0.1) is 0 Å². The third-order valence-electron chi connectivity index (χ3n) is 5.41. The maximum Gasteiger partial charge on any atom is 0.357 e. The molecule has 1 heterocycles. The predicted octanol–water partition coefficient (Wildman–Crippen LogP) is 7.35. The van der Waals surface area contributed by atoms with Crippen molar-refractivity contribution in [2.75, 3.05) is 19.8 Å². The van der Waals surface area contributed by atoms with Crippen LogP contribution in [0.3, 0.4) is 0 Å². The summed E-state index contributed by atoms with van der Waals surface area (Å²) in [6.45, 7) is 7.48. The summed E-state index contributed by atoms with van der Waals surface area (Å²) in [5.41, 5.74) is 4.28. The van der Waals surface area contributed by atoms with Crippen LogP contribution >= 0.6 is 7.60 Å². The van der Waals surface area contributed by atoms with Gasteiger partial charge >= 0.3 is 7.60 Å². The van der Waals surface area contributed by atoms with Gasteiger partial charge in [0, 0.05) is 12.2 Å². The molecule has 1 aliphatic heterocycles. The lowest BCUT2D eigenvalue weighted by Gasteiger charge is -2.42. The van der Waals surface area contributed by atoms with Gasteiger partial charge in [0.25, 0.3) is 0 Å². The Morgan fingerprint density at radius 2 is 1.53 bits per heavy atom. The molecule has 0 fully saturated rings. The summed E-state index contributed by atoms with van der Waals surface area (Å²) in [6, 6.07) is 18.5. The molecular formula is C25H34NO3P. The van der Waals surface area contributed by atoms with Crippen LogP contribution in [0.2, 0.25) is 0 Å². The highest BCUT2D eigenvalue weighted by molar-refractivity contribution is 7.54. The van der Waals surface area contributed by atoms with E-state index in [-0.39, 0.29) is 0 Å². The van der Waals surface area contributed by atoms with Crippen molar-refractivity contribution >= 4 is 19.4 Å². The second-order valence-electron chi connectivity index (χ2n) is 7.53. The van der Waals surface area contributed by atoms with Crippen molar-refractivity contribution in [3.63, 3.8) is 0 Å². The first-order chi connectivity index (χ1) is 14.6. The lowest BCUT2D eigenvalue weighted by molar-refractivity contribution is 0.186. The minimum atomic E-state index is -3.41. The highest BCUT2D eigenvalue weighted by Gasteiger charge is 2.44. The summed E-state index contributed by atoms with van der Waals surface area (Å²) in [5, 5.41) is 0. The predicted molar refractivity (Wildman–Crippen MR) is 125 cm³/mol. The second kappa shape index (κ2) is 10.9. The molecular weight excluding hydrogens is 393 g/mol. The van der Waals surface area contributed by atoms with Gasteiger partial charge in [-0.3, -0.25) is 4.57 Å². The Kier molecular flexibility index (Phi) is 8.32. The van der Waals surface area contributed by atoms with Crippen LogP contribution in [0.5, 0.6) is 0 Å². The van der Waals surface area contributed by atoms with Crippen LogP contribution in [-0.2, 0) is 13.6 Å². The first-order valence-corrected chi connectivity index (χ1v) is 12.8. The highest BCUT2D eigenvalue weighted by atomic mass is 31.2. The van der Waals surface area contributed by atoms with Gasteiger partial charge in [0.2, 0.25) is 0 Å². The molecule has 1 unspecified atom stereocenters. The molecule has 0 aromatic heterocycles. The van der Waals surface area contributed by atoms with E-state index in [2.05, 4.69) is 42.2 Å². The number of hydrogen-bond acceptors (Lipinski definition) is 4. The molecule has 0 bridgehead atoms. The quantitative estimate of drug-likeness (QED) is 0.278. The molecule has 0 radical (unpaired) electrons. The molecule has 0 saturated heterocycles. The molecule has 162 valence electrons. The molecule has 5 heteroatoms. The number of nitrogens with zero attached hydrogens (tertiary/aromatic N) is 1. The van der Waals surface area contributed by atoms with Crippen molar-refractivity contribution in [3.8, 4) is 0 Å². The zero-order chi connectivity index (χ0) is 21.4. The van der Waals surface area contributed by atoms with Gasteiger partial charge in [-0.2, -0.15) is 0 Å². The van der Waals surface area contributed by atoms with Gasteiger partial charge in [0.15, 0.2) is 5.78 Å². The molecule has 0 spiro atoms. The molecule has 30 heavy (non-hydrogen) atoms. The molecule has 1 aliphatic rings. The zero-order valence-corrected chi connectivity index (χ0v) is 19.3. The Hall–Kier alpha value is -1.87. The summed E-state index contributed by atoms with van der Waals surface area (Å²) in [7, 11) is -3.41. The maximum absolute atomic E-state index is 14.1. The van der Waals surface area contributed by atoms with Gasteiger partial charge in [-0.25, -0.2) is 0 Å². The van der Waals surface area contributed by atoms with Crippen molar-refractivity contribution in [3.05, 3.63) is 71.3 Å².